The van der Waals surface area contributed by atoms with Gasteiger partial charge in [0.1, 0.15) is 5.75 Å². The Bertz CT molecular complexity index is 906. The summed E-state index contributed by atoms with van der Waals surface area (Å²) in [5, 5.41) is 0.329. The fourth-order valence-electron chi connectivity index (χ4n) is 2.55. The standard InChI is InChI=1S/C18H18ClNO5S/c1-13-2-7-16(19)17(12-13)25-18(21)14-3-5-15(6-4-14)26(22,23)20-8-10-24-11-9-20/h2-7,12H,8-11H2,1H3. The number of halogens is 1. The van der Waals surface area contributed by atoms with Crippen LogP contribution in [0.1, 0.15) is 15.9 Å². The van der Waals surface area contributed by atoms with E-state index in [1.807, 2.05) is 13.0 Å². The number of benzene rings is 2. The zero-order valence-electron chi connectivity index (χ0n) is 14.1. The molecular weight excluding hydrogens is 378 g/mol. The topological polar surface area (TPSA) is 72.9 Å². The Hall–Kier alpha value is -1.93. The highest BCUT2D eigenvalue weighted by molar-refractivity contribution is 7.89. The molecule has 1 aliphatic rings. The lowest BCUT2D eigenvalue weighted by molar-refractivity contribution is 0.0730. The highest BCUT2D eigenvalue weighted by atomic mass is 35.5. The molecule has 1 fully saturated rings. The number of hydrogen-bond acceptors (Lipinski definition) is 5. The van der Waals surface area contributed by atoms with E-state index < -0.39 is 16.0 Å². The quantitative estimate of drug-likeness (QED) is 0.588. The Balaban J connectivity index is 1.76. The van der Waals surface area contributed by atoms with Crippen molar-refractivity contribution in [3.05, 3.63) is 58.6 Å². The summed E-state index contributed by atoms with van der Waals surface area (Å²) in [5.74, 6) is -0.338. The van der Waals surface area contributed by atoms with Gasteiger partial charge in [-0.15, -0.1) is 0 Å². The minimum Gasteiger partial charge on any atom is -0.421 e. The van der Waals surface area contributed by atoms with Crippen LogP contribution >= 0.6 is 11.6 Å². The number of carbonyl (C=O) groups excluding carboxylic acids is 1. The molecule has 138 valence electrons. The van der Waals surface area contributed by atoms with Gasteiger partial charge in [0, 0.05) is 13.1 Å². The molecule has 1 heterocycles. The lowest BCUT2D eigenvalue weighted by Gasteiger charge is -2.26. The molecule has 3 rings (SSSR count). The number of ether oxygens (including phenoxy) is 2. The molecule has 0 N–H and O–H groups in total. The maximum Gasteiger partial charge on any atom is 0.343 e. The first-order chi connectivity index (χ1) is 12.4. The van der Waals surface area contributed by atoms with Crippen molar-refractivity contribution in [3.63, 3.8) is 0 Å². The van der Waals surface area contributed by atoms with E-state index in [2.05, 4.69) is 0 Å². The number of carbonyl (C=O) groups is 1. The van der Waals surface area contributed by atoms with Gasteiger partial charge in [-0.2, -0.15) is 4.31 Å². The van der Waals surface area contributed by atoms with Crippen LogP contribution in [-0.4, -0.2) is 45.0 Å². The zero-order valence-corrected chi connectivity index (χ0v) is 15.7. The van der Waals surface area contributed by atoms with Crippen LogP contribution in [0.4, 0.5) is 0 Å². The van der Waals surface area contributed by atoms with Gasteiger partial charge in [0.05, 0.1) is 28.7 Å². The fraction of sp³-hybridized carbons (Fsp3) is 0.278. The summed E-state index contributed by atoms with van der Waals surface area (Å²) in [6.07, 6.45) is 0. The summed E-state index contributed by atoms with van der Waals surface area (Å²) < 4.78 is 37.0. The van der Waals surface area contributed by atoms with Crippen molar-refractivity contribution in [1.82, 2.24) is 4.31 Å². The predicted octanol–water partition coefficient (Wildman–Crippen LogP) is 2.89. The molecule has 0 atom stereocenters. The molecule has 0 aromatic heterocycles. The van der Waals surface area contributed by atoms with Crippen molar-refractivity contribution in [2.75, 3.05) is 26.3 Å². The molecule has 26 heavy (non-hydrogen) atoms. The average Bonchev–Trinajstić information content (AvgIpc) is 2.65. The third kappa shape index (κ3) is 4.07. The van der Waals surface area contributed by atoms with Crippen LogP contribution in [0.5, 0.6) is 5.75 Å². The Morgan fingerprint density at radius 3 is 2.42 bits per heavy atom. The van der Waals surface area contributed by atoms with Gasteiger partial charge in [-0.3, -0.25) is 0 Å². The minimum atomic E-state index is -3.60. The molecule has 0 amide bonds. The SMILES string of the molecule is Cc1ccc(Cl)c(OC(=O)c2ccc(S(=O)(=O)N3CCOCC3)cc2)c1. The van der Waals surface area contributed by atoms with Crippen LogP contribution in [0.15, 0.2) is 47.4 Å². The molecule has 8 heteroatoms. The van der Waals surface area contributed by atoms with E-state index in [1.54, 1.807) is 12.1 Å². The summed E-state index contributed by atoms with van der Waals surface area (Å²) >= 11 is 6.03. The van der Waals surface area contributed by atoms with E-state index >= 15 is 0 Å². The van der Waals surface area contributed by atoms with Gasteiger partial charge in [-0.25, -0.2) is 13.2 Å². The first-order valence-corrected chi connectivity index (χ1v) is 9.86. The second kappa shape index (κ2) is 7.75. The highest BCUT2D eigenvalue weighted by Gasteiger charge is 2.26. The predicted molar refractivity (Wildman–Crippen MR) is 97.2 cm³/mol. The monoisotopic (exact) mass is 395 g/mol. The maximum absolute atomic E-state index is 12.6. The third-order valence-electron chi connectivity index (χ3n) is 3.99. The van der Waals surface area contributed by atoms with Gasteiger partial charge in [0.15, 0.2) is 0 Å². The molecule has 0 unspecified atom stereocenters. The second-order valence-electron chi connectivity index (χ2n) is 5.86. The van der Waals surface area contributed by atoms with Gasteiger partial charge in [0.25, 0.3) is 0 Å². The van der Waals surface area contributed by atoms with Crippen LogP contribution in [0.25, 0.3) is 0 Å². The van der Waals surface area contributed by atoms with E-state index in [0.717, 1.165) is 5.56 Å². The van der Waals surface area contributed by atoms with Crippen LogP contribution in [0.2, 0.25) is 5.02 Å². The van der Waals surface area contributed by atoms with Crippen molar-refractivity contribution in [2.45, 2.75) is 11.8 Å². The average molecular weight is 396 g/mol. The Morgan fingerprint density at radius 1 is 1.12 bits per heavy atom. The van der Waals surface area contributed by atoms with Gasteiger partial charge < -0.3 is 9.47 Å². The van der Waals surface area contributed by atoms with Gasteiger partial charge in [-0.05, 0) is 48.9 Å². The van der Waals surface area contributed by atoms with Crippen LogP contribution in [0.3, 0.4) is 0 Å². The van der Waals surface area contributed by atoms with Crippen molar-refractivity contribution in [3.8, 4) is 5.75 Å². The van der Waals surface area contributed by atoms with Crippen molar-refractivity contribution >= 4 is 27.6 Å². The number of nitrogens with zero attached hydrogens (tertiary/aromatic N) is 1. The van der Waals surface area contributed by atoms with E-state index in [1.165, 1.54) is 28.6 Å². The number of aryl methyl sites for hydroxylation is 1. The van der Waals surface area contributed by atoms with E-state index in [9.17, 15) is 13.2 Å². The molecular formula is C18H18ClNO5S. The summed E-state index contributed by atoms with van der Waals surface area (Å²) in [4.78, 5) is 12.4. The summed E-state index contributed by atoms with van der Waals surface area (Å²) in [7, 11) is -3.60. The molecule has 1 aliphatic heterocycles. The third-order valence-corrected chi connectivity index (χ3v) is 6.21. The fourth-order valence-corrected chi connectivity index (χ4v) is 4.11. The van der Waals surface area contributed by atoms with Gasteiger partial charge >= 0.3 is 5.97 Å². The molecule has 0 saturated carbocycles. The lowest BCUT2D eigenvalue weighted by Crippen LogP contribution is -2.40. The molecule has 2 aromatic rings. The number of sulfonamides is 1. The van der Waals surface area contributed by atoms with E-state index in [4.69, 9.17) is 21.1 Å². The second-order valence-corrected chi connectivity index (χ2v) is 8.21. The molecule has 0 radical (unpaired) electrons. The summed E-state index contributed by atoms with van der Waals surface area (Å²) in [6, 6.07) is 10.8. The first-order valence-electron chi connectivity index (χ1n) is 8.04. The normalized spacial score (nSPS) is 15.6. The molecule has 0 aliphatic carbocycles. The molecule has 0 bridgehead atoms. The van der Waals surface area contributed by atoms with Crippen LogP contribution < -0.4 is 4.74 Å². The molecule has 1 saturated heterocycles. The van der Waals surface area contributed by atoms with Gasteiger partial charge in [-0.1, -0.05) is 17.7 Å². The Labute approximate surface area is 157 Å². The highest BCUT2D eigenvalue weighted by Crippen LogP contribution is 2.26. The number of hydrogen-bond donors (Lipinski definition) is 0. The summed E-state index contributed by atoms with van der Waals surface area (Å²) in [6.45, 7) is 3.25. The van der Waals surface area contributed by atoms with Crippen molar-refractivity contribution in [1.29, 1.82) is 0 Å². The first kappa shape index (κ1) is 18.8. The Kier molecular flexibility index (Phi) is 5.62. The number of rotatable bonds is 4. The number of esters is 1. The Morgan fingerprint density at radius 2 is 1.77 bits per heavy atom. The van der Waals surface area contributed by atoms with Crippen LogP contribution in [0, 0.1) is 6.92 Å². The molecule has 2 aromatic carbocycles. The van der Waals surface area contributed by atoms with E-state index in [0.29, 0.717) is 31.3 Å². The zero-order chi connectivity index (χ0) is 18.7. The van der Waals surface area contributed by atoms with Gasteiger partial charge in [0.2, 0.25) is 10.0 Å². The van der Waals surface area contributed by atoms with Crippen molar-refractivity contribution < 1.29 is 22.7 Å². The summed E-state index contributed by atoms with van der Waals surface area (Å²) in [5.41, 5.74) is 1.15. The molecule has 0 spiro atoms. The largest absolute Gasteiger partial charge is 0.421 e. The number of morpholine rings is 1. The van der Waals surface area contributed by atoms with E-state index in [-0.39, 0.29) is 16.2 Å². The maximum atomic E-state index is 12.6. The lowest BCUT2D eigenvalue weighted by atomic mass is 10.2. The molecule has 6 nitrogen and oxygen atoms in total. The van der Waals surface area contributed by atoms with Crippen LogP contribution in [-0.2, 0) is 14.8 Å². The van der Waals surface area contributed by atoms with Crippen molar-refractivity contribution in [2.24, 2.45) is 0 Å². The smallest absolute Gasteiger partial charge is 0.343 e. The minimum absolute atomic E-state index is 0.129.